The van der Waals surface area contributed by atoms with E-state index in [1.54, 1.807) is 6.07 Å². The third-order valence-corrected chi connectivity index (χ3v) is 4.01. The molecule has 0 bridgehead atoms. The highest BCUT2D eigenvalue weighted by Gasteiger charge is 2.30. The molecule has 0 unspecified atom stereocenters. The minimum Gasteiger partial charge on any atom is -0.493 e. The van der Waals surface area contributed by atoms with Crippen LogP contribution in [-0.2, 0) is 11.0 Å². The van der Waals surface area contributed by atoms with Gasteiger partial charge in [-0.1, -0.05) is 17.7 Å². The molecule has 1 N–H and O–H groups in total. The standard InChI is InChI=1S/C21H18ClF3N2O3/c1-12(2)30-19-17(22)8-13(9-18(19)29-3)7-14(11-26)20(28)27-16-6-4-5-15(10-16)21(23,24)25/h4-10,12H,1-3H3,(H,27,28)/b14-7+. The molecule has 0 saturated heterocycles. The Morgan fingerprint density at radius 2 is 1.97 bits per heavy atom. The molecule has 0 aromatic heterocycles. The number of halogens is 4. The summed E-state index contributed by atoms with van der Waals surface area (Å²) < 4.78 is 49.3. The molecule has 0 aliphatic rings. The Morgan fingerprint density at radius 3 is 2.53 bits per heavy atom. The van der Waals surface area contributed by atoms with Crippen molar-refractivity contribution < 1.29 is 27.4 Å². The van der Waals surface area contributed by atoms with Crippen molar-refractivity contribution in [3.8, 4) is 17.6 Å². The maximum Gasteiger partial charge on any atom is 0.416 e. The third-order valence-electron chi connectivity index (χ3n) is 3.73. The number of carbonyl (C=O) groups is 1. The van der Waals surface area contributed by atoms with Gasteiger partial charge < -0.3 is 14.8 Å². The molecule has 0 saturated carbocycles. The van der Waals surface area contributed by atoms with Crippen molar-refractivity contribution in [1.82, 2.24) is 0 Å². The van der Waals surface area contributed by atoms with Gasteiger partial charge in [-0.3, -0.25) is 4.79 Å². The Hall–Kier alpha value is -3.18. The number of alkyl halides is 3. The van der Waals surface area contributed by atoms with Gasteiger partial charge in [-0.15, -0.1) is 0 Å². The highest BCUT2D eigenvalue weighted by Crippen LogP contribution is 2.37. The molecule has 2 aromatic rings. The number of anilines is 1. The van der Waals surface area contributed by atoms with E-state index in [1.807, 2.05) is 13.8 Å². The van der Waals surface area contributed by atoms with Crippen molar-refractivity contribution in [2.75, 3.05) is 12.4 Å². The van der Waals surface area contributed by atoms with E-state index >= 15 is 0 Å². The van der Waals surface area contributed by atoms with Gasteiger partial charge >= 0.3 is 6.18 Å². The zero-order valence-corrected chi connectivity index (χ0v) is 17.1. The second-order valence-corrected chi connectivity index (χ2v) is 6.81. The van der Waals surface area contributed by atoms with Crippen LogP contribution >= 0.6 is 11.6 Å². The van der Waals surface area contributed by atoms with Crippen LogP contribution in [0.5, 0.6) is 11.5 Å². The summed E-state index contributed by atoms with van der Waals surface area (Å²) in [5, 5.41) is 11.8. The second-order valence-electron chi connectivity index (χ2n) is 6.40. The van der Waals surface area contributed by atoms with Gasteiger partial charge in [-0.2, -0.15) is 18.4 Å². The highest BCUT2D eigenvalue weighted by molar-refractivity contribution is 6.32. The number of benzene rings is 2. The number of methoxy groups -OCH3 is 1. The number of nitrogens with zero attached hydrogens (tertiary/aromatic N) is 1. The lowest BCUT2D eigenvalue weighted by Crippen LogP contribution is -2.14. The smallest absolute Gasteiger partial charge is 0.416 e. The monoisotopic (exact) mass is 438 g/mol. The number of hydrogen-bond donors (Lipinski definition) is 1. The Kier molecular flexibility index (Phi) is 7.35. The highest BCUT2D eigenvalue weighted by atomic mass is 35.5. The van der Waals surface area contributed by atoms with Crippen LogP contribution in [0.1, 0.15) is 25.0 Å². The fourth-order valence-corrected chi connectivity index (χ4v) is 2.72. The van der Waals surface area contributed by atoms with E-state index in [0.29, 0.717) is 17.1 Å². The summed E-state index contributed by atoms with van der Waals surface area (Å²) in [5.41, 5.74) is -0.959. The summed E-state index contributed by atoms with van der Waals surface area (Å²) in [6.07, 6.45) is -3.47. The quantitative estimate of drug-likeness (QED) is 0.464. The fraction of sp³-hybridized carbons (Fsp3) is 0.238. The minimum absolute atomic E-state index is 0.0905. The van der Waals surface area contributed by atoms with Crippen LogP contribution in [0.2, 0.25) is 5.02 Å². The fourth-order valence-electron chi connectivity index (χ4n) is 2.46. The summed E-state index contributed by atoms with van der Waals surface area (Å²) in [6.45, 7) is 3.63. The molecular weight excluding hydrogens is 421 g/mol. The first kappa shape index (κ1) is 23.1. The maximum atomic E-state index is 12.8. The summed E-state index contributed by atoms with van der Waals surface area (Å²) in [6, 6.07) is 8.85. The predicted octanol–water partition coefficient (Wildman–Crippen LogP) is 5.70. The minimum atomic E-state index is -4.55. The Labute approximate surface area is 176 Å². The van der Waals surface area contributed by atoms with E-state index in [1.165, 1.54) is 31.4 Å². The van der Waals surface area contributed by atoms with Crippen LogP contribution in [0.3, 0.4) is 0 Å². The molecule has 30 heavy (non-hydrogen) atoms. The summed E-state index contributed by atoms with van der Waals surface area (Å²) in [5.74, 6) is -0.245. The second kappa shape index (κ2) is 9.55. The molecular formula is C21H18ClF3N2O3. The van der Waals surface area contributed by atoms with Crippen LogP contribution in [-0.4, -0.2) is 19.1 Å². The zero-order valence-electron chi connectivity index (χ0n) is 16.3. The molecule has 0 radical (unpaired) electrons. The van der Waals surface area contributed by atoms with E-state index in [-0.39, 0.29) is 22.4 Å². The molecule has 1 amide bonds. The molecule has 5 nitrogen and oxygen atoms in total. The first-order valence-corrected chi connectivity index (χ1v) is 9.07. The topological polar surface area (TPSA) is 71.3 Å². The van der Waals surface area contributed by atoms with Crippen molar-refractivity contribution in [2.24, 2.45) is 0 Å². The van der Waals surface area contributed by atoms with Gasteiger partial charge in [0.2, 0.25) is 0 Å². The van der Waals surface area contributed by atoms with Gasteiger partial charge in [-0.05, 0) is 55.8 Å². The number of carbonyl (C=O) groups excluding carboxylic acids is 1. The molecule has 0 heterocycles. The third kappa shape index (κ3) is 5.91. The number of nitriles is 1. The largest absolute Gasteiger partial charge is 0.493 e. The first-order chi connectivity index (χ1) is 14.0. The van der Waals surface area contributed by atoms with Crippen LogP contribution in [0, 0.1) is 11.3 Å². The zero-order chi connectivity index (χ0) is 22.5. The van der Waals surface area contributed by atoms with E-state index in [9.17, 15) is 23.2 Å². The summed E-state index contributed by atoms with van der Waals surface area (Å²) >= 11 is 6.23. The molecule has 0 fully saturated rings. The van der Waals surface area contributed by atoms with Gasteiger partial charge in [0.25, 0.3) is 5.91 Å². The van der Waals surface area contributed by atoms with Crippen LogP contribution in [0.25, 0.3) is 6.08 Å². The van der Waals surface area contributed by atoms with E-state index in [0.717, 1.165) is 18.2 Å². The molecule has 0 aliphatic heterocycles. The predicted molar refractivity (Wildman–Crippen MR) is 107 cm³/mol. The molecule has 9 heteroatoms. The normalized spacial score (nSPS) is 11.8. The van der Waals surface area contributed by atoms with Crippen molar-refractivity contribution in [2.45, 2.75) is 26.1 Å². The number of ether oxygens (including phenoxy) is 2. The number of rotatable bonds is 6. The molecule has 2 aromatic carbocycles. The number of hydrogen-bond acceptors (Lipinski definition) is 4. The SMILES string of the molecule is COc1cc(/C=C(\C#N)C(=O)Nc2cccc(C(F)(F)F)c2)cc(Cl)c1OC(C)C. The molecule has 0 atom stereocenters. The number of amides is 1. The van der Waals surface area contributed by atoms with Crippen molar-refractivity contribution in [1.29, 1.82) is 5.26 Å². The van der Waals surface area contributed by atoms with Crippen molar-refractivity contribution in [3.63, 3.8) is 0 Å². The first-order valence-electron chi connectivity index (χ1n) is 8.69. The maximum absolute atomic E-state index is 12.8. The molecule has 158 valence electrons. The lowest BCUT2D eigenvalue weighted by Gasteiger charge is -2.15. The van der Waals surface area contributed by atoms with E-state index in [4.69, 9.17) is 21.1 Å². The van der Waals surface area contributed by atoms with Crippen molar-refractivity contribution >= 4 is 29.3 Å². The molecule has 2 rings (SSSR count). The Morgan fingerprint density at radius 1 is 1.27 bits per heavy atom. The molecule has 0 spiro atoms. The summed E-state index contributed by atoms with van der Waals surface area (Å²) in [7, 11) is 1.41. The van der Waals surface area contributed by atoms with Crippen LogP contribution < -0.4 is 14.8 Å². The Balaban J connectivity index is 2.32. The lowest BCUT2D eigenvalue weighted by atomic mass is 10.1. The average molecular weight is 439 g/mol. The summed E-state index contributed by atoms with van der Waals surface area (Å²) in [4.78, 5) is 12.4. The van der Waals surface area contributed by atoms with Gasteiger partial charge in [0.1, 0.15) is 11.6 Å². The van der Waals surface area contributed by atoms with Crippen LogP contribution in [0.15, 0.2) is 42.0 Å². The van der Waals surface area contributed by atoms with E-state index in [2.05, 4.69) is 5.32 Å². The molecule has 0 aliphatic carbocycles. The van der Waals surface area contributed by atoms with Gasteiger partial charge in [0, 0.05) is 5.69 Å². The van der Waals surface area contributed by atoms with Gasteiger partial charge in [-0.25, -0.2) is 0 Å². The number of nitrogens with one attached hydrogen (secondary N) is 1. The van der Waals surface area contributed by atoms with Gasteiger partial charge in [0.15, 0.2) is 11.5 Å². The van der Waals surface area contributed by atoms with Gasteiger partial charge in [0.05, 0.1) is 23.8 Å². The Bertz CT molecular complexity index is 1010. The lowest BCUT2D eigenvalue weighted by molar-refractivity contribution is -0.137. The van der Waals surface area contributed by atoms with E-state index < -0.39 is 17.6 Å². The van der Waals surface area contributed by atoms with Crippen molar-refractivity contribution in [3.05, 3.63) is 58.1 Å². The van der Waals surface area contributed by atoms with Crippen LogP contribution in [0.4, 0.5) is 18.9 Å². The average Bonchev–Trinajstić information content (AvgIpc) is 2.67.